The zero-order valence-corrected chi connectivity index (χ0v) is 14.8. The molecule has 1 unspecified atom stereocenters. The number of Topliss-reactive ketones (excluding diaryl/α,β-unsaturated/α-hetero) is 1. The van der Waals surface area contributed by atoms with Crippen LogP contribution in [0.3, 0.4) is 0 Å². The van der Waals surface area contributed by atoms with Gasteiger partial charge in [-0.3, -0.25) is 14.6 Å². The summed E-state index contributed by atoms with van der Waals surface area (Å²) in [5.41, 5.74) is -0.774. The minimum atomic E-state index is -4.41. The van der Waals surface area contributed by atoms with Crippen LogP contribution in [0.15, 0.2) is 35.1 Å². The molecular weight excluding hydrogens is 365 g/mol. The lowest BCUT2D eigenvalue weighted by atomic mass is 9.94. The number of H-pyrrole nitrogens is 1. The number of nitrogens with zero attached hydrogens (tertiary/aromatic N) is 1. The molecular formula is C18H19F3N2O4. The fourth-order valence-electron chi connectivity index (χ4n) is 2.37. The minimum absolute atomic E-state index is 0.0146. The highest BCUT2D eigenvalue weighted by atomic mass is 19.4. The van der Waals surface area contributed by atoms with Gasteiger partial charge in [0.05, 0.1) is 12.2 Å². The third kappa shape index (κ3) is 5.92. The van der Waals surface area contributed by atoms with Crippen molar-refractivity contribution < 1.29 is 27.4 Å². The van der Waals surface area contributed by atoms with Crippen molar-refractivity contribution >= 4 is 5.78 Å². The second-order valence-electron chi connectivity index (χ2n) is 5.93. The van der Waals surface area contributed by atoms with Crippen LogP contribution in [0.5, 0.6) is 6.01 Å². The number of aromatic amines is 1. The lowest BCUT2D eigenvalue weighted by Gasteiger charge is -2.13. The molecule has 9 heteroatoms. The number of halogens is 3. The van der Waals surface area contributed by atoms with Crippen LogP contribution in [0.2, 0.25) is 0 Å². The van der Waals surface area contributed by atoms with Gasteiger partial charge in [0.15, 0.2) is 5.78 Å². The molecule has 0 radical (unpaired) electrons. The number of aromatic nitrogens is 2. The van der Waals surface area contributed by atoms with E-state index in [-0.39, 0.29) is 37.3 Å². The van der Waals surface area contributed by atoms with Gasteiger partial charge in [-0.1, -0.05) is 19.1 Å². The second-order valence-corrected chi connectivity index (χ2v) is 5.93. The average Bonchev–Trinajstić information content (AvgIpc) is 2.61. The predicted molar refractivity (Wildman–Crippen MR) is 91.0 cm³/mol. The fourth-order valence-corrected chi connectivity index (χ4v) is 2.37. The second kappa shape index (κ2) is 8.81. The molecule has 1 heterocycles. The first-order valence-electron chi connectivity index (χ1n) is 8.14. The molecule has 1 N–H and O–H groups in total. The van der Waals surface area contributed by atoms with Crippen LogP contribution in [0, 0.1) is 0 Å². The molecule has 0 saturated carbocycles. The zero-order chi connectivity index (χ0) is 20.0. The molecule has 0 saturated heterocycles. The molecule has 1 aromatic heterocycles. The number of hydrogen-bond acceptors (Lipinski definition) is 5. The molecule has 27 heavy (non-hydrogen) atoms. The number of nitrogens with one attached hydrogen (secondary N) is 1. The van der Waals surface area contributed by atoms with E-state index in [1.54, 1.807) is 6.92 Å². The van der Waals surface area contributed by atoms with Gasteiger partial charge in [0.2, 0.25) is 0 Å². The van der Waals surface area contributed by atoms with Crippen molar-refractivity contribution in [2.45, 2.75) is 25.4 Å². The van der Waals surface area contributed by atoms with Crippen LogP contribution >= 0.6 is 0 Å². The molecule has 1 atom stereocenters. The highest BCUT2D eigenvalue weighted by Crippen LogP contribution is 2.30. The van der Waals surface area contributed by atoms with Gasteiger partial charge < -0.3 is 9.47 Å². The highest BCUT2D eigenvalue weighted by Gasteiger charge is 2.30. The maximum absolute atomic E-state index is 12.6. The van der Waals surface area contributed by atoms with Gasteiger partial charge >= 0.3 is 6.18 Å². The number of benzene rings is 1. The van der Waals surface area contributed by atoms with E-state index < -0.39 is 23.1 Å². The van der Waals surface area contributed by atoms with Crippen molar-refractivity contribution in [3.63, 3.8) is 0 Å². The number of ether oxygens (including phenoxy) is 2. The van der Waals surface area contributed by atoms with Crippen LogP contribution in [0.25, 0.3) is 0 Å². The minimum Gasteiger partial charge on any atom is -0.462 e. The van der Waals surface area contributed by atoms with Crippen molar-refractivity contribution in [1.29, 1.82) is 0 Å². The van der Waals surface area contributed by atoms with Crippen LogP contribution < -0.4 is 10.3 Å². The first-order chi connectivity index (χ1) is 12.7. The number of rotatable bonds is 8. The molecule has 0 spiro atoms. The van der Waals surface area contributed by atoms with Gasteiger partial charge in [-0.2, -0.15) is 18.2 Å². The molecule has 2 rings (SSSR count). The lowest BCUT2D eigenvalue weighted by Crippen LogP contribution is -2.17. The van der Waals surface area contributed by atoms with Gasteiger partial charge in [0.1, 0.15) is 12.3 Å². The summed E-state index contributed by atoms with van der Waals surface area (Å²) in [6.45, 7) is 2.15. The fraction of sp³-hybridized carbons (Fsp3) is 0.389. The van der Waals surface area contributed by atoms with E-state index in [0.29, 0.717) is 5.56 Å². The molecule has 146 valence electrons. The summed E-state index contributed by atoms with van der Waals surface area (Å²) in [5, 5.41) is 0. The average molecular weight is 384 g/mol. The first-order valence-corrected chi connectivity index (χ1v) is 8.14. The number of methoxy groups -OCH3 is 1. The summed E-state index contributed by atoms with van der Waals surface area (Å²) in [6.07, 6.45) is -4.43. The molecule has 2 aromatic rings. The van der Waals surface area contributed by atoms with Gasteiger partial charge in [-0.25, -0.2) is 0 Å². The van der Waals surface area contributed by atoms with Crippen molar-refractivity contribution in [1.82, 2.24) is 9.97 Å². The Morgan fingerprint density at radius 3 is 2.48 bits per heavy atom. The number of carbonyl (C=O) groups excluding carboxylic acids is 1. The molecule has 0 fully saturated rings. The smallest absolute Gasteiger partial charge is 0.416 e. The highest BCUT2D eigenvalue weighted by molar-refractivity contribution is 5.94. The van der Waals surface area contributed by atoms with Gasteiger partial charge in [0, 0.05) is 19.6 Å². The molecule has 0 aliphatic heterocycles. The molecule has 0 amide bonds. The Morgan fingerprint density at radius 2 is 1.89 bits per heavy atom. The Bertz CT molecular complexity index is 832. The summed E-state index contributed by atoms with van der Waals surface area (Å²) in [6, 6.07) is 5.60. The molecule has 1 aromatic carbocycles. The normalized spacial score (nSPS) is 12.6. The largest absolute Gasteiger partial charge is 0.462 e. The van der Waals surface area contributed by atoms with Crippen LogP contribution in [0.4, 0.5) is 13.2 Å². The topological polar surface area (TPSA) is 81.3 Å². The van der Waals surface area contributed by atoms with Gasteiger partial charge in [0.25, 0.3) is 11.6 Å². The molecule has 6 nitrogen and oxygen atoms in total. The zero-order valence-electron chi connectivity index (χ0n) is 14.8. The van der Waals surface area contributed by atoms with E-state index in [1.807, 2.05) is 0 Å². The SMILES string of the molecule is COCCOc1nc(C(=O)CC(C)c2ccc(C(F)(F)F)cc2)cc(=O)[nH]1. The van der Waals surface area contributed by atoms with E-state index in [4.69, 9.17) is 9.47 Å². The Labute approximate surface area is 153 Å². The quantitative estimate of drug-likeness (QED) is 0.558. The van der Waals surface area contributed by atoms with Crippen molar-refractivity contribution in [2.24, 2.45) is 0 Å². The number of carbonyl (C=O) groups is 1. The van der Waals surface area contributed by atoms with E-state index in [1.165, 1.54) is 19.2 Å². The molecule has 0 aliphatic carbocycles. The monoisotopic (exact) mass is 384 g/mol. The van der Waals surface area contributed by atoms with Gasteiger partial charge in [-0.05, 0) is 23.6 Å². The lowest BCUT2D eigenvalue weighted by molar-refractivity contribution is -0.137. The third-order valence-corrected chi connectivity index (χ3v) is 3.83. The Kier molecular flexibility index (Phi) is 6.73. The Morgan fingerprint density at radius 1 is 1.22 bits per heavy atom. The van der Waals surface area contributed by atoms with Crippen LogP contribution in [-0.2, 0) is 10.9 Å². The standard InChI is InChI=1S/C18H19F3N2O4/c1-11(12-3-5-13(6-4-12)18(19,20)21)9-15(24)14-10-16(25)23-17(22-14)27-8-7-26-2/h3-6,10-11H,7-9H2,1-2H3,(H,22,23,25). The summed E-state index contributed by atoms with van der Waals surface area (Å²) < 4.78 is 47.9. The van der Waals surface area contributed by atoms with Crippen LogP contribution in [-0.4, -0.2) is 36.1 Å². The third-order valence-electron chi connectivity index (χ3n) is 3.83. The summed E-state index contributed by atoms with van der Waals surface area (Å²) in [7, 11) is 1.49. The first kappa shape index (κ1) is 20.6. The van der Waals surface area contributed by atoms with E-state index in [9.17, 15) is 22.8 Å². The maximum Gasteiger partial charge on any atom is 0.416 e. The number of alkyl halides is 3. The summed E-state index contributed by atoms with van der Waals surface area (Å²) in [4.78, 5) is 30.4. The summed E-state index contributed by atoms with van der Waals surface area (Å²) in [5.74, 6) is -0.760. The van der Waals surface area contributed by atoms with Crippen molar-refractivity contribution in [3.05, 3.63) is 57.5 Å². The maximum atomic E-state index is 12.6. The number of ketones is 1. The van der Waals surface area contributed by atoms with Crippen molar-refractivity contribution in [3.8, 4) is 6.01 Å². The molecule has 0 bridgehead atoms. The van der Waals surface area contributed by atoms with E-state index >= 15 is 0 Å². The summed E-state index contributed by atoms with van der Waals surface area (Å²) >= 11 is 0. The Balaban J connectivity index is 2.08. The Hall–Kier alpha value is -2.68. The van der Waals surface area contributed by atoms with Crippen LogP contribution in [0.1, 0.15) is 40.9 Å². The van der Waals surface area contributed by atoms with Crippen molar-refractivity contribution in [2.75, 3.05) is 20.3 Å². The number of hydrogen-bond donors (Lipinski definition) is 1. The van der Waals surface area contributed by atoms with E-state index in [0.717, 1.165) is 18.2 Å². The van der Waals surface area contributed by atoms with Gasteiger partial charge in [-0.15, -0.1) is 0 Å². The van der Waals surface area contributed by atoms with E-state index in [2.05, 4.69) is 9.97 Å². The predicted octanol–water partition coefficient (Wildman–Crippen LogP) is 3.19. The molecule has 0 aliphatic rings.